The van der Waals surface area contributed by atoms with Crippen molar-refractivity contribution in [1.82, 2.24) is 4.90 Å². The maximum Gasteiger partial charge on any atom is 0.331 e. The average molecular weight is 820 g/mol. The zero-order valence-corrected chi connectivity index (χ0v) is 36.8. The molecule has 1 spiro atoms. The summed E-state index contributed by atoms with van der Waals surface area (Å²) in [6, 6.07) is 0. The number of methoxy groups -OCH3 is 4. The summed E-state index contributed by atoms with van der Waals surface area (Å²) in [7, 11) is 8.13. The van der Waals surface area contributed by atoms with E-state index in [-0.39, 0.29) is 42.4 Å². The van der Waals surface area contributed by atoms with E-state index in [1.54, 1.807) is 47.8 Å². The highest BCUT2D eigenvalue weighted by Crippen LogP contribution is 2.43. The lowest BCUT2D eigenvalue weighted by atomic mass is 9.78. The minimum absolute atomic E-state index is 0.00734. The Labute approximate surface area is 347 Å². The third-order valence-electron chi connectivity index (χ3n) is 12.6. The van der Waals surface area contributed by atoms with E-state index in [4.69, 9.17) is 33.2 Å². The molecule has 0 aliphatic carbocycles. The Hall–Kier alpha value is -2.75. The molecule has 13 nitrogen and oxygen atoms in total. The Morgan fingerprint density at radius 1 is 1.03 bits per heavy atom. The van der Waals surface area contributed by atoms with Crippen LogP contribution in [0.15, 0.2) is 48.2 Å². The van der Waals surface area contributed by atoms with E-state index in [9.17, 15) is 24.6 Å². The van der Waals surface area contributed by atoms with Crippen molar-refractivity contribution in [2.45, 2.75) is 147 Å². The van der Waals surface area contributed by atoms with E-state index in [0.717, 1.165) is 5.57 Å². The number of hydrogen-bond donors (Lipinski definition) is 2. The van der Waals surface area contributed by atoms with Crippen LogP contribution in [0.25, 0.3) is 0 Å². The van der Waals surface area contributed by atoms with Crippen LogP contribution in [0.3, 0.4) is 0 Å². The van der Waals surface area contributed by atoms with Gasteiger partial charge in [-0.3, -0.25) is 9.59 Å². The van der Waals surface area contributed by atoms with Gasteiger partial charge in [-0.1, -0.05) is 70.6 Å². The minimum Gasteiger partial charge on any atom is -0.458 e. The van der Waals surface area contributed by atoms with Crippen molar-refractivity contribution in [3.8, 4) is 0 Å². The van der Waals surface area contributed by atoms with Crippen LogP contribution in [-0.2, 0) is 47.5 Å². The van der Waals surface area contributed by atoms with Gasteiger partial charge in [-0.05, 0) is 32.1 Å². The summed E-state index contributed by atoms with van der Waals surface area (Å²) in [6.07, 6.45) is 11.9. The number of aliphatic hydroxyl groups is 2. The van der Waals surface area contributed by atoms with Crippen LogP contribution >= 0.6 is 0 Å². The quantitative estimate of drug-likeness (QED) is 0.0888. The summed E-state index contributed by atoms with van der Waals surface area (Å²) in [6.45, 7) is 11.8. The van der Waals surface area contributed by atoms with Gasteiger partial charge in [0.2, 0.25) is 6.41 Å². The first-order valence-corrected chi connectivity index (χ1v) is 20.9. The molecule has 0 aromatic rings. The fraction of sp³-hybridized carbons (Fsp3) is 0.756. The molecule has 1 fully saturated rings. The van der Waals surface area contributed by atoms with E-state index < -0.39 is 65.9 Å². The Balaban J connectivity index is 1.86. The molecule has 0 radical (unpaired) electrons. The molecule has 1 saturated heterocycles. The molecule has 1 amide bonds. The lowest BCUT2D eigenvalue weighted by Gasteiger charge is -2.39. The third-order valence-corrected chi connectivity index (χ3v) is 12.6. The molecule has 330 valence electrons. The Bertz CT molecular complexity index is 1410. The second-order valence-corrected chi connectivity index (χ2v) is 16.9. The van der Waals surface area contributed by atoms with E-state index in [1.165, 1.54) is 11.0 Å². The summed E-state index contributed by atoms with van der Waals surface area (Å²) in [5, 5.41) is 22.7. The number of ketones is 1. The van der Waals surface area contributed by atoms with Gasteiger partial charge in [0.25, 0.3) is 0 Å². The predicted octanol–water partition coefficient (Wildman–Crippen LogP) is 5.37. The van der Waals surface area contributed by atoms with Gasteiger partial charge in [-0.15, -0.1) is 0 Å². The van der Waals surface area contributed by atoms with Gasteiger partial charge in [0, 0.05) is 97.1 Å². The zero-order chi connectivity index (χ0) is 43.2. The number of aliphatic hydroxyl groups excluding tert-OH is 2. The van der Waals surface area contributed by atoms with Crippen LogP contribution in [-0.4, -0.2) is 136 Å². The molecule has 3 aliphatic heterocycles. The molecular weight excluding hydrogens is 746 g/mol. The Kier molecular flexibility index (Phi) is 20.4. The summed E-state index contributed by atoms with van der Waals surface area (Å²) in [5.41, 5.74) is 0.0428. The fourth-order valence-corrected chi connectivity index (χ4v) is 8.63. The number of cyclic esters (lactones) is 1. The highest BCUT2D eigenvalue weighted by atomic mass is 16.6. The molecular formula is C45H73NO12. The molecule has 0 aromatic carbocycles. The number of fused-ring (bicyclic) bond motifs is 2. The Morgan fingerprint density at radius 2 is 1.71 bits per heavy atom. The van der Waals surface area contributed by atoms with Crippen molar-refractivity contribution < 1.29 is 57.8 Å². The highest BCUT2D eigenvalue weighted by Gasteiger charge is 2.59. The smallest absolute Gasteiger partial charge is 0.331 e. The normalized spacial score (nSPS) is 33.3. The number of Topliss-reactive ketones (excluding diaryl/α,β-unsaturated/α-hetero) is 1. The minimum atomic E-state index is -0.931. The molecule has 3 heterocycles. The summed E-state index contributed by atoms with van der Waals surface area (Å²) in [4.78, 5) is 39.4. The zero-order valence-electron chi connectivity index (χ0n) is 36.8. The van der Waals surface area contributed by atoms with Crippen molar-refractivity contribution in [1.29, 1.82) is 0 Å². The first-order chi connectivity index (χ1) is 27.5. The van der Waals surface area contributed by atoms with Gasteiger partial charge in [-0.25, -0.2) is 4.79 Å². The van der Waals surface area contributed by atoms with Gasteiger partial charge in [-0.2, -0.15) is 0 Å². The lowest BCUT2D eigenvalue weighted by Crippen LogP contribution is -2.50. The number of epoxide rings is 1. The summed E-state index contributed by atoms with van der Waals surface area (Å²) in [5.74, 6) is -2.39. The second kappa shape index (κ2) is 23.9. The van der Waals surface area contributed by atoms with E-state index in [0.29, 0.717) is 51.5 Å². The van der Waals surface area contributed by atoms with Gasteiger partial charge in [0.05, 0.1) is 55.4 Å². The number of hydrogen-bond acceptors (Lipinski definition) is 12. The fourth-order valence-electron chi connectivity index (χ4n) is 8.63. The first kappa shape index (κ1) is 49.6. The number of amides is 1. The standard InChI is InChI=1S/C45H73NO12/c1-28-15-18-34(48)23-35-13-12-14-36(57-35)24-39(53-9)45(26-56-45)40(54-10)25-38(52-8)32(5)44(58-41(50)20-16-28)33(6)42(51)29(2)17-19-37(49)31(4)43(55-11)30(3)21-22-46(7)27-47/h12-13,15-16,20-22,27,29-36,38-40,42-44,48,51H,14,17-19,23-26H2,1-11H3. The molecule has 2 N–H and O–H groups in total. The number of nitrogens with zero attached hydrogens (tertiary/aromatic N) is 1. The topological polar surface area (TPSA) is 163 Å². The number of carbonyl (C=O) groups is 3. The highest BCUT2D eigenvalue weighted by molar-refractivity contribution is 5.82. The molecule has 3 rings (SSSR count). The molecule has 0 aromatic heterocycles. The van der Waals surface area contributed by atoms with Crippen LogP contribution in [0.1, 0.15) is 86.5 Å². The van der Waals surface area contributed by atoms with Crippen LogP contribution < -0.4 is 0 Å². The largest absolute Gasteiger partial charge is 0.458 e. The van der Waals surface area contributed by atoms with E-state index >= 15 is 0 Å². The van der Waals surface area contributed by atoms with Crippen molar-refractivity contribution in [2.24, 2.45) is 29.6 Å². The molecule has 2 bridgehead atoms. The van der Waals surface area contributed by atoms with Crippen LogP contribution in [0.2, 0.25) is 0 Å². The summed E-state index contributed by atoms with van der Waals surface area (Å²) >= 11 is 0. The van der Waals surface area contributed by atoms with E-state index in [1.807, 2.05) is 59.8 Å². The first-order valence-electron chi connectivity index (χ1n) is 20.9. The molecule has 3 aliphatic rings. The predicted molar refractivity (Wildman–Crippen MR) is 221 cm³/mol. The molecule has 15 unspecified atom stereocenters. The second-order valence-electron chi connectivity index (χ2n) is 16.9. The maximum absolute atomic E-state index is 13.5. The van der Waals surface area contributed by atoms with Crippen LogP contribution in [0.4, 0.5) is 0 Å². The number of carbonyl (C=O) groups excluding carboxylic acids is 3. The Morgan fingerprint density at radius 3 is 2.31 bits per heavy atom. The molecule has 13 heteroatoms. The van der Waals surface area contributed by atoms with Crippen molar-refractivity contribution in [3.05, 3.63) is 48.2 Å². The van der Waals surface area contributed by atoms with Gasteiger partial charge in [0.1, 0.15) is 17.5 Å². The maximum atomic E-state index is 13.5. The van der Waals surface area contributed by atoms with Crippen LogP contribution in [0.5, 0.6) is 0 Å². The number of esters is 1. The van der Waals surface area contributed by atoms with Crippen LogP contribution in [0, 0.1) is 29.6 Å². The van der Waals surface area contributed by atoms with Crippen molar-refractivity contribution >= 4 is 18.2 Å². The number of ether oxygens (including phenoxy) is 7. The monoisotopic (exact) mass is 820 g/mol. The SMILES string of the molecule is COC1CC(OC)C2(CO2)C(OC)CC2CC=CC(CC(O)CC=C(C)C=CC(=O)OC(C(C)C(O)C(C)CCC(=O)C(C)C(OC)C(C)C=CN(C)C=O)C1C)O2. The number of allylic oxidation sites excluding steroid dienone is 2. The van der Waals surface area contributed by atoms with Gasteiger partial charge in [0.15, 0.2) is 0 Å². The average Bonchev–Trinajstić information content (AvgIpc) is 4.02. The van der Waals surface area contributed by atoms with Gasteiger partial charge < -0.3 is 48.3 Å². The molecule has 58 heavy (non-hydrogen) atoms. The van der Waals surface area contributed by atoms with Crippen molar-refractivity contribution in [2.75, 3.05) is 42.1 Å². The van der Waals surface area contributed by atoms with Gasteiger partial charge >= 0.3 is 5.97 Å². The lowest BCUT2D eigenvalue weighted by molar-refractivity contribution is -0.159. The summed E-state index contributed by atoms with van der Waals surface area (Å²) < 4.78 is 42.8. The van der Waals surface area contributed by atoms with Crippen molar-refractivity contribution in [3.63, 3.8) is 0 Å². The molecule has 15 atom stereocenters. The number of rotatable bonds is 16. The third kappa shape index (κ3) is 13.9. The van der Waals surface area contributed by atoms with E-state index in [2.05, 4.69) is 6.08 Å². The molecule has 0 saturated carbocycles.